The summed E-state index contributed by atoms with van der Waals surface area (Å²) in [5, 5.41) is 42.2. The SMILES string of the molecule is C.C.Cc1ccc(C#Cc2cc(-c3cccc4ccccc34)c3ccc4c(-c5cccc6ccccc56)cc(C#Cc5ccc(N(c6ccccc6)c6ccccc6)cc5)c5ccc2c3c54)cc1.N#Cc1ccc(C#Cc2cc(-c3cccc4ccccc34)c3ccc4c(-c5cccc6ccccc56)cc(C#Cc5ccc(C#N)cc5)c5ccc2c3c54)cc1. The van der Waals surface area contributed by atoms with Gasteiger partial charge in [-0.05, 0) is 293 Å². The van der Waals surface area contributed by atoms with Gasteiger partial charge in [-0.25, -0.2) is 0 Å². The highest BCUT2D eigenvalue weighted by molar-refractivity contribution is 6.32. The first-order valence-electron chi connectivity index (χ1n) is 41.0. The van der Waals surface area contributed by atoms with Crippen molar-refractivity contribution in [3.63, 3.8) is 0 Å². The molecule has 0 aliphatic rings. The van der Waals surface area contributed by atoms with Crippen molar-refractivity contribution in [2.24, 2.45) is 0 Å². The average Bonchev–Trinajstić information content (AvgIpc) is 0.712. The van der Waals surface area contributed by atoms with E-state index >= 15 is 0 Å². The Hall–Kier alpha value is -17.0. The Morgan fingerprint density at radius 1 is 0.185 bits per heavy atom. The van der Waals surface area contributed by atoms with Crippen LogP contribution in [0.5, 0.6) is 0 Å². The minimum atomic E-state index is 0. The number of benzene rings is 22. The molecule has 0 saturated heterocycles. The van der Waals surface area contributed by atoms with Crippen molar-refractivity contribution in [1.82, 2.24) is 0 Å². The van der Waals surface area contributed by atoms with Crippen molar-refractivity contribution in [3.8, 4) is 104 Å². The van der Waals surface area contributed by atoms with Crippen LogP contribution in [0.3, 0.4) is 0 Å². The van der Waals surface area contributed by atoms with E-state index in [2.05, 4.69) is 423 Å². The zero-order chi connectivity index (χ0) is 81.6. The molecule has 22 rings (SSSR count). The molecule has 22 aromatic carbocycles. The smallest absolute Gasteiger partial charge is 0.0991 e. The molecular formula is C121H77N3. The van der Waals surface area contributed by atoms with E-state index in [1.807, 2.05) is 48.5 Å². The van der Waals surface area contributed by atoms with Crippen molar-refractivity contribution < 1.29 is 0 Å². The molecule has 0 heterocycles. The molecule has 124 heavy (non-hydrogen) atoms. The summed E-state index contributed by atoms with van der Waals surface area (Å²) in [5.41, 5.74) is 22.5. The molecule has 0 atom stereocenters. The maximum Gasteiger partial charge on any atom is 0.0991 e. The maximum absolute atomic E-state index is 9.37. The summed E-state index contributed by atoms with van der Waals surface area (Å²) >= 11 is 0. The van der Waals surface area contributed by atoms with E-state index in [9.17, 15) is 10.5 Å². The fraction of sp³-hybridized carbons (Fsp3) is 0.0248. The summed E-state index contributed by atoms with van der Waals surface area (Å²) in [7, 11) is 0. The molecular weight excluding hydrogens is 1500 g/mol. The van der Waals surface area contributed by atoms with Gasteiger partial charge in [0.2, 0.25) is 0 Å². The zero-order valence-corrected chi connectivity index (χ0v) is 66.4. The average molecular weight is 1570 g/mol. The Morgan fingerprint density at radius 2 is 0.411 bits per heavy atom. The molecule has 0 N–H and O–H groups in total. The minimum absolute atomic E-state index is 0. The molecule has 0 aliphatic heterocycles. The second kappa shape index (κ2) is 33.1. The van der Waals surface area contributed by atoms with E-state index in [-0.39, 0.29) is 14.9 Å². The van der Waals surface area contributed by atoms with Gasteiger partial charge < -0.3 is 4.90 Å². The number of aryl methyl sites for hydroxylation is 1. The first-order valence-corrected chi connectivity index (χ1v) is 41.0. The summed E-state index contributed by atoms with van der Waals surface area (Å²) in [6, 6.07) is 145. The number of hydrogen-bond donors (Lipinski definition) is 0. The molecule has 0 aromatic heterocycles. The molecule has 0 bridgehead atoms. The summed E-state index contributed by atoms with van der Waals surface area (Å²) in [6.45, 7) is 2.11. The lowest BCUT2D eigenvalue weighted by Gasteiger charge is -2.25. The van der Waals surface area contributed by atoms with Crippen LogP contribution in [-0.4, -0.2) is 0 Å². The highest BCUT2D eigenvalue weighted by Crippen LogP contribution is 2.50. The molecule has 576 valence electrons. The number of hydrogen-bond acceptors (Lipinski definition) is 3. The number of rotatable bonds is 7. The molecule has 0 saturated carbocycles. The van der Waals surface area contributed by atoms with Crippen molar-refractivity contribution in [1.29, 1.82) is 10.5 Å². The Kier molecular flexibility index (Phi) is 20.5. The van der Waals surface area contributed by atoms with Crippen LogP contribution in [-0.2, 0) is 0 Å². The number of para-hydroxylation sites is 2. The van der Waals surface area contributed by atoms with Crippen molar-refractivity contribution in [2.75, 3.05) is 4.90 Å². The Balaban J connectivity index is 0.000000162. The van der Waals surface area contributed by atoms with Crippen LogP contribution in [0.25, 0.3) is 152 Å². The molecule has 0 fully saturated rings. The maximum atomic E-state index is 9.37. The van der Waals surface area contributed by atoms with Gasteiger partial charge in [-0.2, -0.15) is 10.5 Å². The Bertz CT molecular complexity index is 8040. The van der Waals surface area contributed by atoms with E-state index in [0.717, 1.165) is 132 Å². The van der Waals surface area contributed by atoms with Crippen LogP contribution < -0.4 is 4.90 Å². The highest BCUT2D eigenvalue weighted by Gasteiger charge is 2.24. The molecule has 22 aromatic rings. The van der Waals surface area contributed by atoms with Crippen LogP contribution in [0, 0.1) is 76.9 Å². The second-order valence-corrected chi connectivity index (χ2v) is 30.9. The monoisotopic (exact) mass is 1570 g/mol. The van der Waals surface area contributed by atoms with Gasteiger partial charge in [-0.3, -0.25) is 0 Å². The highest BCUT2D eigenvalue weighted by atomic mass is 15.1. The molecule has 0 radical (unpaired) electrons. The first kappa shape index (κ1) is 76.9. The van der Waals surface area contributed by atoms with Crippen molar-refractivity contribution in [2.45, 2.75) is 21.8 Å². The lowest BCUT2D eigenvalue weighted by molar-refractivity contribution is 1.28. The summed E-state index contributed by atoms with van der Waals surface area (Å²) < 4.78 is 0. The summed E-state index contributed by atoms with van der Waals surface area (Å²) in [6.07, 6.45) is 0. The second-order valence-electron chi connectivity index (χ2n) is 30.9. The van der Waals surface area contributed by atoms with Gasteiger partial charge in [0.15, 0.2) is 0 Å². The largest absolute Gasteiger partial charge is 0.311 e. The normalized spacial score (nSPS) is 10.9. The first-order chi connectivity index (χ1) is 60.3. The minimum Gasteiger partial charge on any atom is -0.311 e. The van der Waals surface area contributed by atoms with Crippen LogP contribution in [0.2, 0.25) is 0 Å². The van der Waals surface area contributed by atoms with E-state index in [1.54, 1.807) is 0 Å². The molecule has 0 spiro atoms. The lowest BCUT2D eigenvalue weighted by atomic mass is 9.83. The Morgan fingerprint density at radius 3 is 0.694 bits per heavy atom. The van der Waals surface area contributed by atoms with Gasteiger partial charge in [0.05, 0.1) is 23.3 Å². The fourth-order valence-electron chi connectivity index (χ4n) is 17.9. The fourth-order valence-corrected chi connectivity index (χ4v) is 17.9. The summed E-state index contributed by atoms with van der Waals surface area (Å²) in [5.74, 6) is 28.5. The number of nitrogens with zero attached hydrogens (tertiary/aromatic N) is 3. The predicted molar refractivity (Wildman–Crippen MR) is 524 cm³/mol. The van der Waals surface area contributed by atoms with Gasteiger partial charge in [0.25, 0.3) is 0 Å². The van der Waals surface area contributed by atoms with Gasteiger partial charge >= 0.3 is 0 Å². The van der Waals surface area contributed by atoms with Crippen LogP contribution in [0.15, 0.2) is 400 Å². The topological polar surface area (TPSA) is 50.8 Å². The van der Waals surface area contributed by atoms with Gasteiger partial charge in [-0.15, -0.1) is 0 Å². The molecule has 3 nitrogen and oxygen atoms in total. The third kappa shape index (κ3) is 14.2. The van der Waals surface area contributed by atoms with Crippen LogP contribution in [0.1, 0.15) is 76.1 Å². The third-order valence-corrected chi connectivity index (χ3v) is 23.7. The van der Waals surface area contributed by atoms with E-state index in [4.69, 9.17) is 0 Å². The molecule has 3 heteroatoms. The number of fused-ring (bicyclic) bond motifs is 4. The quantitative estimate of drug-likeness (QED) is 0.118. The standard InChI is InChI=1S/C65H41N.C54H28N2.2CH4/c1-44-26-28-45(29-27-44)30-34-49-42-62(58-24-12-16-47-14-8-10-22-54(47)58)60-40-41-61-63(59-25-13-17-48-15-9-11-23-55(48)59)43-50(57-39-38-56(49)64(60)65(57)61)35-31-46-32-36-53(37-33-46)66(51-18-4-2-5-19-51)52-20-6-3-7-21-52;55-33-37-19-15-35(16-20-37)23-25-41-31-51(47-13-5-9-39-7-1-3-11-43(39)47)49-29-30-50-52(48-14-6-10-40-8-2-4-12-44(40)48)32-42(46-28-27-45(41)53(49)54(46)50)26-24-36-17-21-38(34-56)22-18-36;;/h2-29,32-33,36-43H,1H3;1-22,27-32H;2*1H4. The number of anilines is 3. The van der Waals surface area contributed by atoms with Crippen LogP contribution in [0.4, 0.5) is 17.1 Å². The van der Waals surface area contributed by atoms with E-state index in [0.29, 0.717) is 11.1 Å². The van der Waals surface area contributed by atoms with Gasteiger partial charge in [0.1, 0.15) is 0 Å². The van der Waals surface area contributed by atoms with E-state index in [1.165, 1.54) is 86.9 Å². The lowest BCUT2D eigenvalue weighted by Crippen LogP contribution is -2.09. The van der Waals surface area contributed by atoms with Crippen molar-refractivity contribution >= 4 is 125 Å². The third-order valence-electron chi connectivity index (χ3n) is 23.7. The van der Waals surface area contributed by atoms with Gasteiger partial charge in [0, 0.05) is 61.6 Å². The number of nitriles is 2. The van der Waals surface area contributed by atoms with Crippen LogP contribution >= 0.6 is 0 Å². The summed E-state index contributed by atoms with van der Waals surface area (Å²) in [4.78, 5) is 2.28. The predicted octanol–water partition coefficient (Wildman–Crippen LogP) is 30.8. The van der Waals surface area contributed by atoms with Gasteiger partial charge in [-0.1, -0.05) is 335 Å². The van der Waals surface area contributed by atoms with Crippen molar-refractivity contribution in [3.05, 3.63) is 462 Å². The molecule has 0 unspecified atom stereocenters. The van der Waals surface area contributed by atoms with E-state index < -0.39 is 0 Å². The zero-order valence-electron chi connectivity index (χ0n) is 66.4. The molecule has 0 aliphatic carbocycles. The Labute approximate surface area is 722 Å². The molecule has 0 amide bonds.